The SMILES string of the molecule is CN=C(NCCCOCC1CCOC1)NCCc1c(F)cccc1Cl. The van der Waals surface area contributed by atoms with Gasteiger partial charge in [0.2, 0.25) is 0 Å². The van der Waals surface area contributed by atoms with Gasteiger partial charge in [-0.3, -0.25) is 4.99 Å². The Morgan fingerprint density at radius 2 is 2.24 bits per heavy atom. The van der Waals surface area contributed by atoms with E-state index in [1.54, 1.807) is 19.2 Å². The largest absolute Gasteiger partial charge is 0.381 e. The van der Waals surface area contributed by atoms with Crippen molar-refractivity contribution in [2.75, 3.05) is 46.6 Å². The van der Waals surface area contributed by atoms with Crippen molar-refractivity contribution < 1.29 is 13.9 Å². The normalized spacial score (nSPS) is 17.7. The third-order valence-electron chi connectivity index (χ3n) is 4.09. The number of nitrogens with one attached hydrogen (secondary N) is 2. The molecule has 1 heterocycles. The zero-order valence-corrected chi connectivity index (χ0v) is 15.4. The first kappa shape index (κ1) is 19.9. The van der Waals surface area contributed by atoms with Crippen molar-refractivity contribution in [2.24, 2.45) is 10.9 Å². The maximum atomic E-state index is 13.7. The summed E-state index contributed by atoms with van der Waals surface area (Å²) in [5.41, 5.74) is 0.524. The molecule has 140 valence electrons. The van der Waals surface area contributed by atoms with Crippen molar-refractivity contribution in [3.05, 3.63) is 34.6 Å². The van der Waals surface area contributed by atoms with Gasteiger partial charge in [0.1, 0.15) is 5.82 Å². The average Bonchev–Trinajstić information content (AvgIpc) is 3.12. The van der Waals surface area contributed by atoms with Crippen LogP contribution < -0.4 is 10.6 Å². The van der Waals surface area contributed by atoms with Crippen LogP contribution in [0.5, 0.6) is 0 Å². The summed E-state index contributed by atoms with van der Waals surface area (Å²) in [7, 11) is 1.71. The molecule has 2 rings (SSSR count). The summed E-state index contributed by atoms with van der Waals surface area (Å²) in [5, 5.41) is 6.84. The number of rotatable bonds is 9. The number of benzene rings is 1. The Kier molecular flexibility index (Phi) is 9.00. The lowest BCUT2D eigenvalue weighted by Crippen LogP contribution is -2.39. The molecule has 1 fully saturated rings. The Bertz CT molecular complexity index is 531. The first-order valence-electron chi connectivity index (χ1n) is 8.73. The van der Waals surface area contributed by atoms with Gasteiger partial charge in [-0.25, -0.2) is 4.39 Å². The minimum atomic E-state index is -0.276. The molecule has 0 radical (unpaired) electrons. The highest BCUT2D eigenvalue weighted by Crippen LogP contribution is 2.18. The minimum Gasteiger partial charge on any atom is -0.381 e. The fourth-order valence-electron chi connectivity index (χ4n) is 2.64. The van der Waals surface area contributed by atoms with E-state index in [1.165, 1.54) is 6.07 Å². The van der Waals surface area contributed by atoms with E-state index in [0.717, 1.165) is 39.2 Å². The third-order valence-corrected chi connectivity index (χ3v) is 4.44. The summed E-state index contributed by atoms with van der Waals surface area (Å²) in [6.07, 6.45) is 2.49. The molecule has 1 aliphatic heterocycles. The highest BCUT2D eigenvalue weighted by atomic mass is 35.5. The lowest BCUT2D eigenvalue weighted by molar-refractivity contribution is 0.0888. The van der Waals surface area contributed by atoms with Crippen LogP contribution in [0.25, 0.3) is 0 Å². The summed E-state index contributed by atoms with van der Waals surface area (Å²) in [6.45, 7) is 4.48. The summed E-state index contributed by atoms with van der Waals surface area (Å²) in [5.74, 6) is 0.964. The van der Waals surface area contributed by atoms with Gasteiger partial charge in [0.05, 0.1) is 13.2 Å². The molecule has 0 aromatic heterocycles. The van der Waals surface area contributed by atoms with E-state index < -0.39 is 0 Å². The van der Waals surface area contributed by atoms with E-state index in [-0.39, 0.29) is 5.82 Å². The first-order valence-corrected chi connectivity index (χ1v) is 9.11. The zero-order chi connectivity index (χ0) is 17.9. The van der Waals surface area contributed by atoms with Crippen LogP contribution in [-0.2, 0) is 15.9 Å². The van der Waals surface area contributed by atoms with Gasteiger partial charge in [-0.2, -0.15) is 0 Å². The molecular weight excluding hydrogens is 345 g/mol. The van der Waals surface area contributed by atoms with Crippen molar-refractivity contribution in [2.45, 2.75) is 19.3 Å². The summed E-state index contributed by atoms with van der Waals surface area (Å²) in [4.78, 5) is 4.16. The second-order valence-corrected chi connectivity index (χ2v) is 6.44. The summed E-state index contributed by atoms with van der Waals surface area (Å²) in [6, 6.07) is 4.73. The quantitative estimate of drug-likeness (QED) is 0.398. The topological polar surface area (TPSA) is 54.9 Å². The monoisotopic (exact) mass is 371 g/mol. The molecule has 1 atom stereocenters. The number of halogens is 2. The molecule has 5 nitrogen and oxygen atoms in total. The molecule has 1 aromatic rings. The first-order chi connectivity index (χ1) is 12.2. The van der Waals surface area contributed by atoms with Crippen LogP contribution in [0.15, 0.2) is 23.2 Å². The van der Waals surface area contributed by atoms with Crippen molar-refractivity contribution in [3.8, 4) is 0 Å². The molecular formula is C18H27ClFN3O2. The molecule has 0 bridgehead atoms. The van der Waals surface area contributed by atoms with Crippen molar-refractivity contribution in [1.29, 1.82) is 0 Å². The van der Waals surface area contributed by atoms with E-state index in [0.29, 0.717) is 42.0 Å². The van der Waals surface area contributed by atoms with Gasteiger partial charge in [-0.05, 0) is 31.4 Å². The third kappa shape index (κ3) is 7.18. The molecule has 0 saturated carbocycles. The molecule has 7 heteroatoms. The summed E-state index contributed by atoms with van der Waals surface area (Å²) >= 11 is 6.02. The fraction of sp³-hybridized carbons (Fsp3) is 0.611. The smallest absolute Gasteiger partial charge is 0.190 e. The zero-order valence-electron chi connectivity index (χ0n) is 14.7. The van der Waals surface area contributed by atoms with Crippen molar-refractivity contribution in [3.63, 3.8) is 0 Å². The Morgan fingerprint density at radius 3 is 2.96 bits per heavy atom. The van der Waals surface area contributed by atoms with Crippen molar-refractivity contribution >= 4 is 17.6 Å². The second-order valence-electron chi connectivity index (χ2n) is 6.03. The molecule has 1 unspecified atom stereocenters. The molecule has 1 aromatic carbocycles. The Morgan fingerprint density at radius 1 is 1.40 bits per heavy atom. The number of nitrogens with zero attached hydrogens (tertiary/aromatic N) is 1. The standard InChI is InChI=1S/C18H27ClFN3O2/c1-21-18(22-8-3-10-24-12-14-7-11-25-13-14)23-9-6-15-16(19)4-2-5-17(15)20/h2,4-5,14H,3,6-13H2,1H3,(H2,21,22,23). The van der Waals surface area contributed by atoms with E-state index in [9.17, 15) is 4.39 Å². The van der Waals surface area contributed by atoms with E-state index >= 15 is 0 Å². The number of ether oxygens (including phenoxy) is 2. The molecule has 0 aliphatic carbocycles. The van der Waals surface area contributed by atoms with E-state index in [2.05, 4.69) is 15.6 Å². The van der Waals surface area contributed by atoms with Gasteiger partial charge in [-0.15, -0.1) is 0 Å². The molecule has 2 N–H and O–H groups in total. The molecule has 1 aliphatic rings. The maximum Gasteiger partial charge on any atom is 0.190 e. The van der Waals surface area contributed by atoms with Gasteiger partial charge in [0.15, 0.2) is 5.96 Å². The minimum absolute atomic E-state index is 0.276. The predicted molar refractivity (Wildman–Crippen MR) is 98.8 cm³/mol. The van der Waals surface area contributed by atoms with Crippen LogP contribution in [0.1, 0.15) is 18.4 Å². The maximum absolute atomic E-state index is 13.7. The molecule has 1 saturated heterocycles. The van der Waals surface area contributed by atoms with Crippen LogP contribution in [0, 0.1) is 11.7 Å². The van der Waals surface area contributed by atoms with Gasteiger partial charge in [-0.1, -0.05) is 17.7 Å². The lowest BCUT2D eigenvalue weighted by Gasteiger charge is -2.13. The Labute approximate surface area is 153 Å². The second kappa shape index (κ2) is 11.3. The van der Waals surface area contributed by atoms with Crippen LogP contribution >= 0.6 is 11.6 Å². The Hall–Kier alpha value is -1.37. The Balaban J connectivity index is 1.56. The highest BCUT2D eigenvalue weighted by molar-refractivity contribution is 6.31. The van der Waals surface area contributed by atoms with Gasteiger partial charge < -0.3 is 20.1 Å². The van der Waals surface area contributed by atoms with Gasteiger partial charge in [0.25, 0.3) is 0 Å². The van der Waals surface area contributed by atoms with Crippen LogP contribution in [0.4, 0.5) is 4.39 Å². The fourth-order valence-corrected chi connectivity index (χ4v) is 2.90. The average molecular weight is 372 g/mol. The molecule has 25 heavy (non-hydrogen) atoms. The summed E-state index contributed by atoms with van der Waals surface area (Å²) < 4.78 is 24.7. The number of hydrogen-bond donors (Lipinski definition) is 2. The van der Waals surface area contributed by atoms with Crippen LogP contribution in [0.2, 0.25) is 5.02 Å². The van der Waals surface area contributed by atoms with Gasteiger partial charge >= 0.3 is 0 Å². The van der Waals surface area contributed by atoms with Gasteiger partial charge in [0, 0.05) is 49.9 Å². The lowest BCUT2D eigenvalue weighted by atomic mass is 10.1. The number of hydrogen-bond acceptors (Lipinski definition) is 3. The van der Waals surface area contributed by atoms with Crippen molar-refractivity contribution in [1.82, 2.24) is 10.6 Å². The molecule has 0 amide bonds. The number of guanidine groups is 1. The van der Waals surface area contributed by atoms with Crippen LogP contribution in [0.3, 0.4) is 0 Å². The number of aliphatic imine (C=N–C) groups is 1. The van der Waals surface area contributed by atoms with Crippen LogP contribution in [-0.4, -0.2) is 52.5 Å². The molecule has 0 spiro atoms. The predicted octanol–water partition coefficient (Wildman–Crippen LogP) is 2.63. The van der Waals surface area contributed by atoms with E-state index in [4.69, 9.17) is 21.1 Å². The highest BCUT2D eigenvalue weighted by Gasteiger charge is 2.15. The van der Waals surface area contributed by atoms with E-state index in [1.807, 2.05) is 0 Å².